The van der Waals surface area contributed by atoms with E-state index in [1.54, 1.807) is 5.56 Å². The zero-order valence-electron chi connectivity index (χ0n) is 7.50. The van der Waals surface area contributed by atoms with E-state index in [2.05, 4.69) is 30.3 Å². The van der Waals surface area contributed by atoms with Crippen molar-refractivity contribution in [1.82, 2.24) is 0 Å². The van der Waals surface area contributed by atoms with Crippen LogP contribution in [-0.2, 0) is 0 Å². The van der Waals surface area contributed by atoms with Crippen molar-refractivity contribution in [3.05, 3.63) is 35.9 Å². The van der Waals surface area contributed by atoms with E-state index in [9.17, 15) is 0 Å². The largest absolute Gasteiger partial charge is 0.0622 e. The van der Waals surface area contributed by atoms with Crippen molar-refractivity contribution in [2.24, 2.45) is 0 Å². The van der Waals surface area contributed by atoms with Crippen LogP contribution in [0.5, 0.6) is 0 Å². The minimum atomic E-state index is 0. The second-order valence-corrected chi connectivity index (χ2v) is 3.75. The molecule has 0 N–H and O–H groups in total. The molecule has 0 radical (unpaired) electrons. The molecule has 0 unspecified atom stereocenters. The van der Waals surface area contributed by atoms with Crippen LogP contribution in [0.15, 0.2) is 30.3 Å². The standard InChI is InChI=1S/C12H16.Li.H/c1-3-7-11(8-4-1)12-9-5-2-6-10-12;;/h1,3-4,7-8,12H,2,5-6,9-10H2;;. The van der Waals surface area contributed by atoms with Gasteiger partial charge in [0, 0.05) is 0 Å². The van der Waals surface area contributed by atoms with E-state index in [4.69, 9.17) is 0 Å². The quantitative estimate of drug-likeness (QED) is 0.565. The Bertz CT molecular complexity index is 224. The molecular weight excluding hydrogens is 151 g/mol. The van der Waals surface area contributed by atoms with E-state index >= 15 is 0 Å². The van der Waals surface area contributed by atoms with Crippen LogP contribution in [0.3, 0.4) is 0 Å². The maximum atomic E-state index is 2.27. The molecule has 2 rings (SSSR count). The molecule has 0 spiro atoms. The molecule has 13 heavy (non-hydrogen) atoms. The van der Waals surface area contributed by atoms with E-state index < -0.39 is 0 Å². The molecule has 1 heteroatoms. The SMILES string of the molecule is [LiH].c1ccc(C2CCCCC2)cc1. The van der Waals surface area contributed by atoms with Gasteiger partial charge in [-0.05, 0) is 24.3 Å². The molecule has 1 aromatic rings. The van der Waals surface area contributed by atoms with Crippen LogP contribution in [0, 0.1) is 0 Å². The average Bonchev–Trinajstić information content (AvgIpc) is 2.21. The maximum absolute atomic E-state index is 2.27. The first-order valence-corrected chi connectivity index (χ1v) is 5.02. The number of hydrogen-bond acceptors (Lipinski definition) is 0. The Morgan fingerprint density at radius 3 is 2.08 bits per heavy atom. The predicted octanol–water partition coefficient (Wildman–Crippen LogP) is 3.09. The van der Waals surface area contributed by atoms with Crippen LogP contribution < -0.4 is 0 Å². The summed E-state index contributed by atoms with van der Waals surface area (Å²) in [4.78, 5) is 0. The van der Waals surface area contributed by atoms with Crippen LogP contribution in [0.4, 0.5) is 0 Å². The summed E-state index contributed by atoms with van der Waals surface area (Å²) in [5, 5.41) is 0. The molecule has 0 atom stereocenters. The normalized spacial score (nSPS) is 17.8. The second-order valence-electron chi connectivity index (χ2n) is 3.75. The van der Waals surface area contributed by atoms with Gasteiger partial charge in [-0.2, -0.15) is 0 Å². The van der Waals surface area contributed by atoms with Crippen molar-refractivity contribution >= 4 is 18.9 Å². The first-order valence-electron chi connectivity index (χ1n) is 5.02. The summed E-state index contributed by atoms with van der Waals surface area (Å²) >= 11 is 0. The van der Waals surface area contributed by atoms with Gasteiger partial charge in [0.15, 0.2) is 0 Å². The molecule has 0 bridgehead atoms. The summed E-state index contributed by atoms with van der Waals surface area (Å²) in [7, 11) is 0. The Balaban J connectivity index is 0.000000845. The number of rotatable bonds is 1. The van der Waals surface area contributed by atoms with E-state index in [-0.39, 0.29) is 18.9 Å². The molecule has 0 aromatic heterocycles. The van der Waals surface area contributed by atoms with Gasteiger partial charge >= 0.3 is 18.9 Å². The van der Waals surface area contributed by atoms with Gasteiger partial charge in [0.2, 0.25) is 0 Å². The van der Waals surface area contributed by atoms with Crippen LogP contribution in [0.25, 0.3) is 0 Å². The molecule has 1 fully saturated rings. The van der Waals surface area contributed by atoms with Crippen molar-refractivity contribution < 1.29 is 0 Å². The Morgan fingerprint density at radius 1 is 0.846 bits per heavy atom. The van der Waals surface area contributed by atoms with E-state index in [0.29, 0.717) is 0 Å². The van der Waals surface area contributed by atoms with Crippen molar-refractivity contribution in [2.45, 2.75) is 38.0 Å². The van der Waals surface area contributed by atoms with Crippen LogP contribution >= 0.6 is 0 Å². The fourth-order valence-corrected chi connectivity index (χ4v) is 2.16. The van der Waals surface area contributed by atoms with Crippen LogP contribution in [0.1, 0.15) is 43.6 Å². The van der Waals surface area contributed by atoms with E-state index in [0.717, 1.165) is 5.92 Å². The minimum absolute atomic E-state index is 0. The van der Waals surface area contributed by atoms with Gasteiger partial charge in [-0.15, -0.1) is 0 Å². The summed E-state index contributed by atoms with van der Waals surface area (Å²) in [6.07, 6.45) is 7.12. The van der Waals surface area contributed by atoms with Gasteiger partial charge in [0.25, 0.3) is 0 Å². The fraction of sp³-hybridized carbons (Fsp3) is 0.500. The molecule has 1 aliphatic carbocycles. The third-order valence-electron chi connectivity index (χ3n) is 2.88. The zero-order valence-corrected chi connectivity index (χ0v) is 7.50. The van der Waals surface area contributed by atoms with Gasteiger partial charge in [0.1, 0.15) is 0 Å². The van der Waals surface area contributed by atoms with Gasteiger partial charge < -0.3 is 0 Å². The fourth-order valence-electron chi connectivity index (χ4n) is 2.16. The summed E-state index contributed by atoms with van der Waals surface area (Å²) < 4.78 is 0. The van der Waals surface area contributed by atoms with Crippen molar-refractivity contribution in [3.63, 3.8) is 0 Å². The Morgan fingerprint density at radius 2 is 1.46 bits per heavy atom. The Hall–Kier alpha value is -0.183. The van der Waals surface area contributed by atoms with Crippen LogP contribution in [-0.4, -0.2) is 18.9 Å². The van der Waals surface area contributed by atoms with Crippen molar-refractivity contribution in [3.8, 4) is 0 Å². The van der Waals surface area contributed by atoms with Crippen molar-refractivity contribution in [1.29, 1.82) is 0 Å². The summed E-state index contributed by atoms with van der Waals surface area (Å²) in [5.41, 5.74) is 1.55. The van der Waals surface area contributed by atoms with Gasteiger partial charge in [0.05, 0.1) is 0 Å². The van der Waals surface area contributed by atoms with Crippen molar-refractivity contribution in [2.75, 3.05) is 0 Å². The zero-order chi connectivity index (χ0) is 8.23. The van der Waals surface area contributed by atoms with E-state index in [1.165, 1.54) is 32.1 Å². The molecule has 0 nitrogen and oxygen atoms in total. The molecule has 0 aliphatic heterocycles. The molecule has 0 heterocycles. The molecule has 1 aromatic carbocycles. The topological polar surface area (TPSA) is 0 Å². The minimum Gasteiger partial charge on any atom is -0.0622 e. The molecule has 0 saturated heterocycles. The smallest absolute Gasteiger partial charge is 0.0162 e. The van der Waals surface area contributed by atoms with Gasteiger partial charge in [-0.25, -0.2) is 0 Å². The molecule has 0 amide bonds. The average molecular weight is 168 g/mol. The molecule has 66 valence electrons. The van der Waals surface area contributed by atoms with E-state index in [1.807, 2.05) is 0 Å². The van der Waals surface area contributed by atoms with Gasteiger partial charge in [-0.3, -0.25) is 0 Å². The maximum Gasteiger partial charge on any atom is -0.0162 e. The number of benzene rings is 1. The predicted molar refractivity (Wildman–Crippen MR) is 59.4 cm³/mol. The Labute approximate surface area is 92.9 Å². The molecule has 1 saturated carbocycles. The summed E-state index contributed by atoms with van der Waals surface area (Å²) in [5.74, 6) is 0.861. The monoisotopic (exact) mass is 168 g/mol. The third kappa shape index (κ3) is 2.90. The molecular formula is C12H17Li. The first kappa shape index (κ1) is 10.9. The molecule has 1 aliphatic rings. The first-order chi connectivity index (χ1) is 5.97. The number of hydrogen-bond donors (Lipinski definition) is 0. The van der Waals surface area contributed by atoms with Crippen LogP contribution in [0.2, 0.25) is 0 Å². The Kier molecular flexibility index (Phi) is 4.63. The summed E-state index contributed by atoms with van der Waals surface area (Å²) in [6.45, 7) is 0. The second kappa shape index (κ2) is 5.53. The summed E-state index contributed by atoms with van der Waals surface area (Å²) in [6, 6.07) is 11.0. The third-order valence-corrected chi connectivity index (χ3v) is 2.88. The van der Waals surface area contributed by atoms with Gasteiger partial charge in [-0.1, -0.05) is 49.6 Å².